The quantitative estimate of drug-likeness (QED) is 0.799. The van der Waals surface area contributed by atoms with Gasteiger partial charge in [-0.05, 0) is 24.3 Å². The van der Waals surface area contributed by atoms with Crippen molar-refractivity contribution < 1.29 is 4.79 Å². The Morgan fingerprint density at radius 3 is 2.84 bits per heavy atom. The maximum atomic E-state index is 12.5. The zero-order valence-corrected chi connectivity index (χ0v) is 13.9. The predicted octanol–water partition coefficient (Wildman–Crippen LogP) is 2.56. The second-order valence-electron chi connectivity index (χ2n) is 6.39. The Morgan fingerprint density at radius 1 is 1.08 bits per heavy atom. The molecule has 128 valence electrons. The zero-order valence-electron chi connectivity index (χ0n) is 13.9. The number of carbonyl (C=O) groups excluding carboxylic acids is 1. The van der Waals surface area contributed by atoms with E-state index in [-0.39, 0.29) is 18.1 Å². The van der Waals surface area contributed by atoms with Gasteiger partial charge in [0.05, 0.1) is 0 Å². The minimum absolute atomic E-state index is 0.0674. The number of nitrogens with zero attached hydrogens (tertiary/aromatic N) is 3. The van der Waals surface area contributed by atoms with E-state index in [0.29, 0.717) is 6.54 Å². The van der Waals surface area contributed by atoms with Gasteiger partial charge in [0.25, 0.3) is 0 Å². The lowest BCUT2D eigenvalue weighted by atomic mass is 10.1. The van der Waals surface area contributed by atoms with Crippen LogP contribution in [0.25, 0.3) is 10.8 Å². The SMILES string of the molecule is O=C(Cn1nc2n(c1=O)CCCCC2)Nc1cccc2ccccc12. The number of hydrogen-bond donors (Lipinski definition) is 1. The summed E-state index contributed by atoms with van der Waals surface area (Å²) >= 11 is 0. The molecule has 0 saturated heterocycles. The summed E-state index contributed by atoms with van der Waals surface area (Å²) in [4.78, 5) is 24.9. The third-order valence-corrected chi connectivity index (χ3v) is 4.64. The number of carbonyl (C=O) groups is 1. The molecule has 0 radical (unpaired) electrons. The topological polar surface area (TPSA) is 68.9 Å². The van der Waals surface area contributed by atoms with Gasteiger partial charge in [-0.1, -0.05) is 42.8 Å². The van der Waals surface area contributed by atoms with Crippen LogP contribution < -0.4 is 11.0 Å². The number of aryl methyl sites for hydroxylation is 1. The first-order valence-corrected chi connectivity index (χ1v) is 8.66. The molecule has 4 rings (SSSR count). The first kappa shape index (κ1) is 15.6. The molecule has 6 heteroatoms. The highest BCUT2D eigenvalue weighted by Gasteiger charge is 2.17. The van der Waals surface area contributed by atoms with E-state index in [1.54, 1.807) is 4.57 Å². The molecule has 0 saturated carbocycles. The number of rotatable bonds is 3. The van der Waals surface area contributed by atoms with E-state index in [9.17, 15) is 9.59 Å². The van der Waals surface area contributed by atoms with Crippen LogP contribution >= 0.6 is 0 Å². The van der Waals surface area contributed by atoms with Crippen molar-refractivity contribution in [2.75, 3.05) is 5.32 Å². The molecule has 0 bridgehead atoms. The smallest absolute Gasteiger partial charge is 0.324 e. The molecular formula is C19H20N4O2. The highest BCUT2D eigenvalue weighted by atomic mass is 16.2. The van der Waals surface area contributed by atoms with Crippen LogP contribution in [-0.4, -0.2) is 20.3 Å². The molecular weight excluding hydrogens is 316 g/mol. The number of fused-ring (bicyclic) bond motifs is 2. The van der Waals surface area contributed by atoms with E-state index in [1.165, 1.54) is 4.68 Å². The summed E-state index contributed by atoms with van der Waals surface area (Å²) in [5.41, 5.74) is 0.557. The second kappa shape index (κ2) is 6.55. The van der Waals surface area contributed by atoms with Crippen LogP contribution in [0.15, 0.2) is 47.3 Å². The number of benzene rings is 2. The van der Waals surface area contributed by atoms with Gasteiger partial charge < -0.3 is 5.32 Å². The van der Waals surface area contributed by atoms with Gasteiger partial charge in [0, 0.05) is 24.0 Å². The van der Waals surface area contributed by atoms with E-state index in [1.807, 2.05) is 42.5 Å². The van der Waals surface area contributed by atoms with Crippen LogP contribution in [0.5, 0.6) is 0 Å². The first-order valence-electron chi connectivity index (χ1n) is 8.66. The number of nitrogens with one attached hydrogen (secondary N) is 1. The average Bonchev–Trinajstić information content (AvgIpc) is 2.78. The van der Waals surface area contributed by atoms with Crippen molar-refractivity contribution in [2.24, 2.45) is 0 Å². The Kier molecular flexibility index (Phi) is 4.09. The van der Waals surface area contributed by atoms with Gasteiger partial charge in [0.2, 0.25) is 5.91 Å². The van der Waals surface area contributed by atoms with Crippen LogP contribution in [0.2, 0.25) is 0 Å². The summed E-state index contributed by atoms with van der Waals surface area (Å²) in [5, 5.41) is 9.31. The molecule has 0 atom stereocenters. The van der Waals surface area contributed by atoms with Gasteiger partial charge in [-0.2, -0.15) is 5.10 Å². The van der Waals surface area contributed by atoms with Crippen LogP contribution in [0.1, 0.15) is 25.1 Å². The molecule has 0 fully saturated rings. The fourth-order valence-corrected chi connectivity index (χ4v) is 3.39. The molecule has 25 heavy (non-hydrogen) atoms. The van der Waals surface area contributed by atoms with Crippen molar-refractivity contribution in [1.29, 1.82) is 0 Å². The first-order chi connectivity index (χ1) is 12.2. The second-order valence-corrected chi connectivity index (χ2v) is 6.39. The summed E-state index contributed by atoms with van der Waals surface area (Å²) in [6, 6.07) is 13.6. The lowest BCUT2D eigenvalue weighted by Gasteiger charge is -2.08. The average molecular weight is 336 g/mol. The minimum Gasteiger partial charge on any atom is -0.324 e. The largest absolute Gasteiger partial charge is 0.346 e. The maximum absolute atomic E-state index is 12.5. The molecule has 1 N–H and O–H groups in total. The number of amides is 1. The third kappa shape index (κ3) is 3.07. The van der Waals surface area contributed by atoms with Gasteiger partial charge in [-0.25, -0.2) is 9.48 Å². The van der Waals surface area contributed by atoms with E-state index in [0.717, 1.165) is 48.0 Å². The van der Waals surface area contributed by atoms with Crippen LogP contribution in [0.4, 0.5) is 5.69 Å². The van der Waals surface area contributed by atoms with Gasteiger partial charge >= 0.3 is 5.69 Å². The summed E-state index contributed by atoms with van der Waals surface area (Å²) < 4.78 is 2.99. The van der Waals surface area contributed by atoms with Crippen molar-refractivity contribution in [3.8, 4) is 0 Å². The number of hydrogen-bond acceptors (Lipinski definition) is 3. The van der Waals surface area contributed by atoms with E-state index < -0.39 is 0 Å². The van der Waals surface area contributed by atoms with Crippen LogP contribution in [0, 0.1) is 0 Å². The number of anilines is 1. The lowest BCUT2D eigenvalue weighted by Crippen LogP contribution is -2.30. The van der Waals surface area contributed by atoms with Gasteiger partial charge in [-0.15, -0.1) is 0 Å². The summed E-state index contributed by atoms with van der Waals surface area (Å²) in [7, 11) is 0. The number of aromatic nitrogens is 3. The molecule has 1 aromatic heterocycles. The van der Waals surface area contributed by atoms with E-state index in [2.05, 4.69) is 10.4 Å². The lowest BCUT2D eigenvalue weighted by molar-refractivity contribution is -0.117. The normalized spacial score (nSPS) is 14.1. The van der Waals surface area contributed by atoms with E-state index >= 15 is 0 Å². The predicted molar refractivity (Wildman–Crippen MR) is 96.6 cm³/mol. The van der Waals surface area contributed by atoms with Gasteiger partial charge in [0.15, 0.2) is 0 Å². The molecule has 3 aromatic rings. The molecule has 1 aliphatic heterocycles. The standard InChI is InChI=1S/C19H20N4O2/c24-18(20-16-10-6-8-14-7-3-4-9-15(14)16)13-23-19(25)22-12-5-1-2-11-17(22)21-23/h3-4,6-10H,1-2,5,11-13H2,(H,20,24). The summed E-state index contributed by atoms with van der Waals surface area (Å²) in [5.74, 6) is 0.548. The maximum Gasteiger partial charge on any atom is 0.346 e. The molecule has 1 amide bonds. The Balaban J connectivity index is 1.56. The Labute approximate surface area is 145 Å². The molecule has 6 nitrogen and oxygen atoms in total. The van der Waals surface area contributed by atoms with Crippen molar-refractivity contribution in [3.05, 3.63) is 58.8 Å². The highest BCUT2D eigenvalue weighted by Crippen LogP contribution is 2.22. The third-order valence-electron chi connectivity index (χ3n) is 4.64. The molecule has 2 heterocycles. The Hall–Kier alpha value is -2.89. The van der Waals surface area contributed by atoms with Crippen molar-refractivity contribution in [2.45, 2.75) is 38.8 Å². The zero-order chi connectivity index (χ0) is 17.2. The fourth-order valence-electron chi connectivity index (χ4n) is 3.39. The molecule has 2 aromatic carbocycles. The molecule has 0 aliphatic carbocycles. The summed E-state index contributed by atoms with van der Waals surface area (Å²) in [6.45, 7) is 0.626. The summed E-state index contributed by atoms with van der Waals surface area (Å²) in [6.07, 6.45) is 3.94. The van der Waals surface area contributed by atoms with Crippen molar-refractivity contribution >= 4 is 22.4 Å². The minimum atomic E-state index is -0.244. The molecule has 1 aliphatic rings. The Bertz CT molecular complexity index is 981. The van der Waals surface area contributed by atoms with Crippen LogP contribution in [0.3, 0.4) is 0 Å². The van der Waals surface area contributed by atoms with Crippen molar-refractivity contribution in [1.82, 2.24) is 14.3 Å². The fraction of sp³-hybridized carbons (Fsp3) is 0.316. The van der Waals surface area contributed by atoms with Crippen LogP contribution in [-0.2, 0) is 24.3 Å². The highest BCUT2D eigenvalue weighted by molar-refractivity contribution is 6.01. The molecule has 0 spiro atoms. The van der Waals surface area contributed by atoms with Crippen molar-refractivity contribution in [3.63, 3.8) is 0 Å². The van der Waals surface area contributed by atoms with Gasteiger partial charge in [0.1, 0.15) is 12.4 Å². The van der Waals surface area contributed by atoms with Gasteiger partial charge in [-0.3, -0.25) is 9.36 Å². The molecule has 0 unspecified atom stereocenters. The van der Waals surface area contributed by atoms with E-state index in [4.69, 9.17) is 0 Å². The monoisotopic (exact) mass is 336 g/mol. The Morgan fingerprint density at radius 2 is 1.92 bits per heavy atom.